The Kier molecular flexibility index (Phi) is 4.41. The number of hydrogen-bond acceptors (Lipinski definition) is 8. The molecule has 3 rings (SSSR count). The van der Waals surface area contributed by atoms with Gasteiger partial charge in [-0.25, -0.2) is 9.67 Å². The lowest BCUT2D eigenvalue weighted by molar-refractivity contribution is 0.557. The molecule has 0 radical (unpaired) electrons. The van der Waals surface area contributed by atoms with E-state index in [9.17, 15) is 0 Å². The SMILES string of the molecule is NCCn1nnnc1SCc1csc(-c2ccsc2)n1. The molecule has 0 aromatic carbocycles. The number of thiophene rings is 1. The van der Waals surface area contributed by atoms with E-state index in [-0.39, 0.29) is 0 Å². The number of nitrogens with two attached hydrogens (primary N) is 1. The molecule has 3 heterocycles. The van der Waals surface area contributed by atoms with Crippen LogP contribution in [0.5, 0.6) is 0 Å². The number of tetrazole rings is 1. The van der Waals surface area contributed by atoms with Crippen LogP contribution in [0, 0.1) is 0 Å². The topological polar surface area (TPSA) is 82.5 Å². The van der Waals surface area contributed by atoms with Crippen molar-refractivity contribution >= 4 is 34.4 Å². The van der Waals surface area contributed by atoms with Gasteiger partial charge in [-0.2, -0.15) is 11.3 Å². The zero-order valence-corrected chi connectivity index (χ0v) is 12.9. The van der Waals surface area contributed by atoms with Gasteiger partial charge in [0.15, 0.2) is 0 Å². The molecule has 0 fully saturated rings. The van der Waals surface area contributed by atoms with Crippen molar-refractivity contribution < 1.29 is 0 Å². The molecule has 0 spiro atoms. The summed E-state index contributed by atoms with van der Waals surface area (Å²) in [6.07, 6.45) is 0. The van der Waals surface area contributed by atoms with Crippen LogP contribution in [-0.4, -0.2) is 31.7 Å². The molecule has 0 bridgehead atoms. The lowest BCUT2D eigenvalue weighted by atomic mass is 10.4. The quantitative estimate of drug-likeness (QED) is 0.699. The van der Waals surface area contributed by atoms with Gasteiger partial charge in [0.05, 0.1) is 12.2 Å². The maximum absolute atomic E-state index is 5.52. The number of nitrogens with zero attached hydrogens (tertiary/aromatic N) is 5. The van der Waals surface area contributed by atoms with Crippen LogP contribution >= 0.6 is 34.4 Å². The minimum Gasteiger partial charge on any atom is -0.329 e. The first kappa shape index (κ1) is 13.7. The number of rotatable bonds is 6. The highest BCUT2D eigenvalue weighted by atomic mass is 32.2. The molecular formula is C11H12N6S3. The van der Waals surface area contributed by atoms with Gasteiger partial charge in [-0.15, -0.1) is 16.4 Å². The second-order valence-corrected chi connectivity index (χ2v) is 6.50. The largest absolute Gasteiger partial charge is 0.329 e. The molecular weight excluding hydrogens is 312 g/mol. The molecule has 0 aliphatic heterocycles. The molecule has 0 saturated carbocycles. The summed E-state index contributed by atoms with van der Waals surface area (Å²) in [5, 5.41) is 19.7. The summed E-state index contributed by atoms with van der Waals surface area (Å²) in [7, 11) is 0. The molecule has 0 amide bonds. The Labute approximate surface area is 128 Å². The van der Waals surface area contributed by atoms with Gasteiger partial charge in [-0.3, -0.25) is 0 Å². The normalized spacial score (nSPS) is 11.1. The van der Waals surface area contributed by atoms with E-state index in [0.717, 1.165) is 21.6 Å². The Morgan fingerprint density at radius 1 is 1.35 bits per heavy atom. The van der Waals surface area contributed by atoms with Gasteiger partial charge in [-0.05, 0) is 21.9 Å². The maximum atomic E-state index is 5.52. The Morgan fingerprint density at radius 2 is 2.30 bits per heavy atom. The molecule has 20 heavy (non-hydrogen) atoms. The van der Waals surface area contributed by atoms with Crippen molar-refractivity contribution in [3.8, 4) is 10.6 Å². The molecule has 9 heteroatoms. The van der Waals surface area contributed by atoms with Crippen molar-refractivity contribution in [1.82, 2.24) is 25.2 Å². The standard InChI is InChI=1S/C11H12N6S3/c12-2-3-17-11(14-15-16-17)20-7-9-6-19-10(13-9)8-1-4-18-5-8/h1,4-6H,2-3,7,12H2. The summed E-state index contributed by atoms with van der Waals surface area (Å²) in [5.74, 6) is 0.756. The van der Waals surface area contributed by atoms with Gasteiger partial charge in [0.25, 0.3) is 0 Å². The van der Waals surface area contributed by atoms with E-state index in [1.807, 2.05) is 0 Å². The van der Waals surface area contributed by atoms with Crippen LogP contribution in [0.15, 0.2) is 27.4 Å². The minimum atomic E-state index is 0.525. The van der Waals surface area contributed by atoms with Crippen molar-refractivity contribution in [3.63, 3.8) is 0 Å². The van der Waals surface area contributed by atoms with Crippen LogP contribution in [0.3, 0.4) is 0 Å². The molecule has 0 aliphatic rings. The van der Waals surface area contributed by atoms with Crippen LogP contribution in [0.4, 0.5) is 0 Å². The molecule has 2 N–H and O–H groups in total. The second-order valence-electron chi connectivity index (χ2n) is 3.92. The van der Waals surface area contributed by atoms with E-state index < -0.39 is 0 Å². The van der Waals surface area contributed by atoms with Crippen molar-refractivity contribution in [2.45, 2.75) is 17.5 Å². The molecule has 0 aliphatic carbocycles. The molecule has 3 aromatic heterocycles. The fourth-order valence-corrected chi connectivity index (χ4v) is 4.03. The van der Waals surface area contributed by atoms with Gasteiger partial charge >= 0.3 is 0 Å². The summed E-state index contributed by atoms with van der Waals surface area (Å²) >= 11 is 4.92. The van der Waals surface area contributed by atoms with Crippen LogP contribution in [0.25, 0.3) is 10.6 Å². The molecule has 0 saturated heterocycles. The summed E-state index contributed by atoms with van der Waals surface area (Å²) in [6.45, 7) is 1.16. The van der Waals surface area contributed by atoms with Gasteiger partial charge < -0.3 is 5.73 Å². The predicted molar refractivity (Wildman–Crippen MR) is 81.9 cm³/mol. The molecule has 104 valence electrons. The summed E-state index contributed by atoms with van der Waals surface area (Å²) in [5.41, 5.74) is 7.75. The van der Waals surface area contributed by atoms with Crippen LogP contribution in [0.2, 0.25) is 0 Å². The van der Waals surface area contributed by atoms with Gasteiger partial charge in [0.1, 0.15) is 5.01 Å². The van der Waals surface area contributed by atoms with Gasteiger partial charge in [-0.1, -0.05) is 11.8 Å². The van der Waals surface area contributed by atoms with E-state index >= 15 is 0 Å². The van der Waals surface area contributed by atoms with Crippen molar-refractivity contribution in [1.29, 1.82) is 0 Å². The van der Waals surface area contributed by atoms with Crippen molar-refractivity contribution in [2.24, 2.45) is 5.73 Å². The van der Waals surface area contributed by atoms with Gasteiger partial charge in [0, 0.05) is 28.6 Å². The predicted octanol–water partition coefficient (Wildman–Crippen LogP) is 2.11. The Bertz CT molecular complexity index is 659. The second kappa shape index (κ2) is 6.44. The zero-order chi connectivity index (χ0) is 13.8. The monoisotopic (exact) mass is 324 g/mol. The Hall–Kier alpha value is -1.29. The lowest BCUT2D eigenvalue weighted by Gasteiger charge is -2.00. The first-order valence-corrected chi connectivity index (χ1v) is 8.73. The Balaban J connectivity index is 1.65. The summed E-state index contributed by atoms with van der Waals surface area (Å²) in [4.78, 5) is 4.63. The average Bonchev–Trinajstić information content (AvgIpc) is 3.18. The fourth-order valence-electron chi connectivity index (χ4n) is 1.59. The van der Waals surface area contributed by atoms with E-state index in [1.165, 1.54) is 5.56 Å². The zero-order valence-electron chi connectivity index (χ0n) is 10.5. The third-order valence-electron chi connectivity index (χ3n) is 2.51. The Morgan fingerprint density at radius 3 is 3.10 bits per heavy atom. The van der Waals surface area contributed by atoms with Gasteiger partial charge in [0.2, 0.25) is 5.16 Å². The number of thioether (sulfide) groups is 1. The molecule has 0 unspecified atom stereocenters. The third kappa shape index (κ3) is 3.06. The maximum Gasteiger partial charge on any atom is 0.209 e. The van der Waals surface area contributed by atoms with Crippen molar-refractivity contribution in [2.75, 3.05) is 6.54 Å². The highest BCUT2D eigenvalue weighted by molar-refractivity contribution is 7.98. The van der Waals surface area contributed by atoms with Crippen molar-refractivity contribution in [3.05, 3.63) is 27.9 Å². The van der Waals surface area contributed by atoms with E-state index in [4.69, 9.17) is 5.73 Å². The minimum absolute atomic E-state index is 0.525. The lowest BCUT2D eigenvalue weighted by Crippen LogP contribution is -2.12. The first-order valence-electron chi connectivity index (χ1n) is 5.93. The first-order chi connectivity index (χ1) is 9.86. The highest BCUT2D eigenvalue weighted by Gasteiger charge is 2.09. The van der Waals surface area contributed by atoms with E-state index in [1.54, 1.807) is 39.1 Å². The smallest absolute Gasteiger partial charge is 0.209 e. The van der Waals surface area contributed by atoms with Crippen LogP contribution in [0.1, 0.15) is 5.69 Å². The third-order valence-corrected chi connectivity index (χ3v) is 5.12. The summed E-state index contributed by atoms with van der Waals surface area (Å²) in [6, 6.07) is 2.09. The molecule has 0 atom stereocenters. The molecule has 3 aromatic rings. The fraction of sp³-hybridized carbons (Fsp3) is 0.273. The van der Waals surface area contributed by atoms with Crippen LogP contribution < -0.4 is 5.73 Å². The van der Waals surface area contributed by atoms with Crippen LogP contribution in [-0.2, 0) is 12.3 Å². The number of hydrogen-bond donors (Lipinski definition) is 1. The van der Waals surface area contributed by atoms with E-state index in [0.29, 0.717) is 13.1 Å². The summed E-state index contributed by atoms with van der Waals surface area (Å²) < 4.78 is 1.72. The number of aromatic nitrogens is 5. The average molecular weight is 324 g/mol. The highest BCUT2D eigenvalue weighted by Crippen LogP contribution is 2.28. The van der Waals surface area contributed by atoms with E-state index in [2.05, 4.69) is 42.7 Å². The molecule has 6 nitrogen and oxygen atoms in total. The number of thiazole rings is 1.